The molecule has 0 unspecified atom stereocenters. The zero-order chi connectivity index (χ0) is 14.3. The summed E-state index contributed by atoms with van der Waals surface area (Å²) in [5.41, 5.74) is 3.16. The van der Waals surface area contributed by atoms with E-state index in [9.17, 15) is 0 Å². The zero-order valence-electron chi connectivity index (χ0n) is 11.8. The van der Waals surface area contributed by atoms with Crippen molar-refractivity contribution in [2.75, 3.05) is 0 Å². The average Bonchev–Trinajstić information content (AvgIpc) is 3.17. The lowest BCUT2D eigenvalue weighted by atomic mass is 10.3. The Morgan fingerprint density at radius 3 is 2.50 bits per heavy atom. The summed E-state index contributed by atoms with van der Waals surface area (Å²) in [6, 6.07) is 4.14. The number of aromatic nitrogens is 3. The van der Waals surface area contributed by atoms with Crippen molar-refractivity contribution in [2.45, 2.75) is 49.6 Å². The first-order chi connectivity index (χ1) is 9.52. The summed E-state index contributed by atoms with van der Waals surface area (Å²) in [5, 5.41) is 2.44. The van der Waals surface area contributed by atoms with Gasteiger partial charge in [0.1, 0.15) is 21.0 Å². The van der Waals surface area contributed by atoms with Gasteiger partial charge in [-0.3, -0.25) is 0 Å². The molecule has 1 aliphatic carbocycles. The SMILES string of the molecule is Cc1cc(C)nc(Sc2nc(C3CC3)nc(Cl)c2C)c1. The normalized spacial score (nSPS) is 14.6. The van der Waals surface area contributed by atoms with Crippen molar-refractivity contribution in [1.29, 1.82) is 0 Å². The van der Waals surface area contributed by atoms with E-state index in [0.717, 1.165) is 27.1 Å². The number of pyridine rings is 1. The Kier molecular flexibility index (Phi) is 3.69. The van der Waals surface area contributed by atoms with E-state index >= 15 is 0 Å². The first kappa shape index (κ1) is 13.8. The Hall–Kier alpha value is -1.13. The van der Waals surface area contributed by atoms with Crippen LogP contribution in [0.3, 0.4) is 0 Å². The molecule has 0 amide bonds. The maximum Gasteiger partial charge on any atom is 0.136 e. The van der Waals surface area contributed by atoms with E-state index in [1.807, 2.05) is 13.8 Å². The predicted molar refractivity (Wildman–Crippen MR) is 81.6 cm³/mol. The van der Waals surface area contributed by atoms with Crippen molar-refractivity contribution < 1.29 is 0 Å². The summed E-state index contributed by atoms with van der Waals surface area (Å²) in [6.07, 6.45) is 2.34. The van der Waals surface area contributed by atoms with Gasteiger partial charge >= 0.3 is 0 Å². The zero-order valence-corrected chi connectivity index (χ0v) is 13.3. The number of halogens is 1. The minimum atomic E-state index is 0.500. The number of hydrogen-bond donors (Lipinski definition) is 0. The fourth-order valence-corrected chi connectivity index (χ4v) is 3.32. The van der Waals surface area contributed by atoms with Crippen LogP contribution in [0, 0.1) is 20.8 Å². The lowest BCUT2D eigenvalue weighted by Crippen LogP contribution is -1.99. The van der Waals surface area contributed by atoms with E-state index in [0.29, 0.717) is 11.1 Å². The fraction of sp³-hybridized carbons (Fsp3) is 0.400. The summed E-state index contributed by atoms with van der Waals surface area (Å²) in [6.45, 7) is 6.05. The highest BCUT2D eigenvalue weighted by Gasteiger charge is 2.28. The topological polar surface area (TPSA) is 38.7 Å². The average molecular weight is 306 g/mol. The molecular formula is C15H16ClN3S. The van der Waals surface area contributed by atoms with Gasteiger partial charge in [0.2, 0.25) is 0 Å². The minimum absolute atomic E-state index is 0.500. The number of rotatable bonds is 3. The highest BCUT2D eigenvalue weighted by atomic mass is 35.5. The highest BCUT2D eigenvalue weighted by Crippen LogP contribution is 2.40. The smallest absolute Gasteiger partial charge is 0.136 e. The Labute approximate surface area is 128 Å². The maximum absolute atomic E-state index is 6.23. The van der Waals surface area contributed by atoms with Crippen molar-refractivity contribution >= 4 is 23.4 Å². The van der Waals surface area contributed by atoms with E-state index in [4.69, 9.17) is 11.6 Å². The van der Waals surface area contributed by atoms with Crippen LogP contribution in [0.1, 0.15) is 41.4 Å². The number of nitrogens with zero attached hydrogens (tertiary/aromatic N) is 3. The Bertz CT molecular complexity index is 648. The van der Waals surface area contributed by atoms with Crippen LogP contribution in [0.25, 0.3) is 0 Å². The van der Waals surface area contributed by atoms with Gasteiger partial charge in [0.15, 0.2) is 0 Å². The third kappa shape index (κ3) is 2.96. The summed E-state index contributed by atoms with van der Waals surface area (Å²) in [7, 11) is 0. The van der Waals surface area contributed by atoms with Crippen LogP contribution in [0.15, 0.2) is 22.2 Å². The second-order valence-electron chi connectivity index (χ2n) is 5.30. The quantitative estimate of drug-likeness (QED) is 0.784. The van der Waals surface area contributed by atoms with Gasteiger partial charge in [0.05, 0.1) is 0 Å². The van der Waals surface area contributed by atoms with Crippen molar-refractivity contribution in [3.63, 3.8) is 0 Å². The van der Waals surface area contributed by atoms with Crippen LogP contribution in [-0.2, 0) is 0 Å². The van der Waals surface area contributed by atoms with Gasteiger partial charge in [-0.05, 0) is 63.1 Å². The molecule has 20 heavy (non-hydrogen) atoms. The molecule has 2 aromatic rings. The summed E-state index contributed by atoms with van der Waals surface area (Å²) < 4.78 is 0. The Morgan fingerprint density at radius 1 is 1.10 bits per heavy atom. The van der Waals surface area contributed by atoms with Crippen molar-refractivity contribution in [1.82, 2.24) is 15.0 Å². The van der Waals surface area contributed by atoms with E-state index in [1.165, 1.54) is 18.4 Å². The number of hydrogen-bond acceptors (Lipinski definition) is 4. The second-order valence-corrected chi connectivity index (χ2v) is 6.67. The minimum Gasteiger partial charge on any atom is -0.246 e. The summed E-state index contributed by atoms with van der Waals surface area (Å²) in [4.78, 5) is 13.6. The van der Waals surface area contributed by atoms with E-state index in [-0.39, 0.29) is 0 Å². The van der Waals surface area contributed by atoms with Crippen molar-refractivity contribution in [3.8, 4) is 0 Å². The van der Waals surface area contributed by atoms with Gasteiger partial charge < -0.3 is 0 Å². The number of aryl methyl sites for hydroxylation is 2. The van der Waals surface area contributed by atoms with Gasteiger partial charge in [0, 0.05) is 17.2 Å². The molecule has 0 radical (unpaired) electrons. The van der Waals surface area contributed by atoms with Gasteiger partial charge in [0.25, 0.3) is 0 Å². The van der Waals surface area contributed by atoms with Crippen LogP contribution < -0.4 is 0 Å². The molecule has 0 saturated heterocycles. The summed E-state index contributed by atoms with van der Waals surface area (Å²) >= 11 is 7.80. The molecule has 3 rings (SSSR count). The molecule has 0 bridgehead atoms. The maximum atomic E-state index is 6.23. The van der Waals surface area contributed by atoms with Gasteiger partial charge in [-0.25, -0.2) is 15.0 Å². The molecule has 104 valence electrons. The van der Waals surface area contributed by atoms with Crippen molar-refractivity contribution in [3.05, 3.63) is 39.9 Å². The van der Waals surface area contributed by atoms with Crippen LogP contribution in [0.2, 0.25) is 5.15 Å². The molecule has 2 heterocycles. The van der Waals surface area contributed by atoms with Crippen LogP contribution in [0.4, 0.5) is 0 Å². The molecule has 5 heteroatoms. The van der Waals surface area contributed by atoms with Gasteiger partial charge in [-0.15, -0.1) is 0 Å². The Balaban J connectivity index is 1.96. The lowest BCUT2D eigenvalue weighted by molar-refractivity contribution is 0.860. The monoisotopic (exact) mass is 305 g/mol. The largest absolute Gasteiger partial charge is 0.246 e. The first-order valence-electron chi connectivity index (χ1n) is 6.70. The second kappa shape index (κ2) is 5.34. The molecule has 0 atom stereocenters. The molecule has 1 fully saturated rings. The molecular weight excluding hydrogens is 290 g/mol. The van der Waals surface area contributed by atoms with E-state index in [1.54, 1.807) is 11.8 Å². The highest BCUT2D eigenvalue weighted by molar-refractivity contribution is 7.99. The fourth-order valence-electron chi connectivity index (χ4n) is 2.06. The van der Waals surface area contributed by atoms with Crippen LogP contribution >= 0.6 is 23.4 Å². The van der Waals surface area contributed by atoms with Gasteiger partial charge in [-0.1, -0.05) is 11.6 Å². The molecule has 3 nitrogen and oxygen atoms in total. The Morgan fingerprint density at radius 2 is 1.85 bits per heavy atom. The van der Waals surface area contributed by atoms with Gasteiger partial charge in [-0.2, -0.15) is 0 Å². The molecule has 0 aliphatic heterocycles. The molecule has 2 aromatic heterocycles. The first-order valence-corrected chi connectivity index (χ1v) is 7.89. The third-order valence-corrected chi connectivity index (χ3v) is 4.65. The van der Waals surface area contributed by atoms with E-state index in [2.05, 4.69) is 34.0 Å². The molecule has 0 spiro atoms. The lowest BCUT2D eigenvalue weighted by Gasteiger charge is -2.09. The molecule has 1 saturated carbocycles. The van der Waals surface area contributed by atoms with E-state index < -0.39 is 0 Å². The third-order valence-electron chi connectivity index (χ3n) is 3.28. The molecule has 0 aromatic carbocycles. The predicted octanol–water partition coefficient (Wildman–Crippen LogP) is 4.48. The molecule has 1 aliphatic rings. The van der Waals surface area contributed by atoms with Crippen LogP contribution in [0.5, 0.6) is 0 Å². The van der Waals surface area contributed by atoms with Crippen LogP contribution in [-0.4, -0.2) is 15.0 Å². The standard InChI is InChI=1S/C15H16ClN3S/c1-8-6-9(2)17-12(7-8)20-15-10(3)13(16)18-14(19-15)11-4-5-11/h6-7,11H,4-5H2,1-3H3. The molecule has 0 N–H and O–H groups in total. The summed E-state index contributed by atoms with van der Waals surface area (Å²) in [5.74, 6) is 1.38. The van der Waals surface area contributed by atoms with Crippen molar-refractivity contribution in [2.24, 2.45) is 0 Å².